The van der Waals surface area contributed by atoms with Crippen LogP contribution in [0.3, 0.4) is 0 Å². The summed E-state index contributed by atoms with van der Waals surface area (Å²) in [5.41, 5.74) is -0.648. The maximum Gasteiger partial charge on any atom is 0.243 e. The molecule has 1 saturated carbocycles. The second kappa shape index (κ2) is 12.9. The Morgan fingerprint density at radius 1 is 1.16 bits per heavy atom. The van der Waals surface area contributed by atoms with Crippen LogP contribution in [0.1, 0.15) is 52.0 Å². The van der Waals surface area contributed by atoms with Crippen molar-refractivity contribution < 1.29 is 27.4 Å². The number of carbonyl (C=O) groups is 1. The van der Waals surface area contributed by atoms with E-state index in [9.17, 15) is 22.7 Å². The van der Waals surface area contributed by atoms with Crippen molar-refractivity contribution in [1.29, 1.82) is 0 Å². The summed E-state index contributed by atoms with van der Waals surface area (Å²) < 4.78 is 47.8. The summed E-state index contributed by atoms with van der Waals surface area (Å²) in [4.78, 5) is 15.1. The molecule has 0 unspecified atom stereocenters. The molecule has 7 nitrogen and oxygen atoms in total. The lowest BCUT2D eigenvalue weighted by Gasteiger charge is -2.46. The Labute approximate surface area is 230 Å². The average molecular weight is 569 g/mol. The Morgan fingerprint density at radius 3 is 2.34 bits per heavy atom. The molecule has 2 aromatic rings. The first kappa shape index (κ1) is 30.5. The number of carbonyl (C=O) groups excluding carboxylic acids is 1. The summed E-state index contributed by atoms with van der Waals surface area (Å²) in [6.45, 7) is 5.20. The Kier molecular flexibility index (Phi) is 10.3. The number of halogens is 2. The minimum atomic E-state index is -4.16. The van der Waals surface area contributed by atoms with Gasteiger partial charge in [0.2, 0.25) is 15.9 Å². The van der Waals surface area contributed by atoms with Crippen LogP contribution in [0, 0.1) is 17.7 Å². The van der Waals surface area contributed by atoms with E-state index in [2.05, 4.69) is 0 Å². The summed E-state index contributed by atoms with van der Waals surface area (Å²) in [6.07, 6.45) is 2.12. The number of sulfonamides is 1. The van der Waals surface area contributed by atoms with Gasteiger partial charge in [-0.05, 0) is 49.4 Å². The molecule has 2 aromatic carbocycles. The van der Waals surface area contributed by atoms with Crippen molar-refractivity contribution in [1.82, 2.24) is 9.21 Å². The van der Waals surface area contributed by atoms with Gasteiger partial charge in [-0.2, -0.15) is 4.31 Å². The highest BCUT2D eigenvalue weighted by atomic mass is 35.5. The van der Waals surface area contributed by atoms with Gasteiger partial charge in [-0.1, -0.05) is 68.6 Å². The van der Waals surface area contributed by atoms with Crippen molar-refractivity contribution in [3.63, 3.8) is 0 Å². The quantitative estimate of drug-likeness (QED) is 0.363. The van der Waals surface area contributed by atoms with E-state index in [0.717, 1.165) is 43.9 Å². The zero-order chi connectivity index (χ0) is 28.1. The second-order valence-corrected chi connectivity index (χ2v) is 12.8. The fourth-order valence-corrected chi connectivity index (χ4v) is 6.97. The second-order valence-electron chi connectivity index (χ2n) is 10.5. The number of nitrogens with zero attached hydrogens (tertiary/aromatic N) is 2. The molecule has 0 saturated heterocycles. The van der Waals surface area contributed by atoms with Gasteiger partial charge in [0.25, 0.3) is 0 Å². The normalized spacial score (nSPS) is 17.1. The van der Waals surface area contributed by atoms with Crippen molar-refractivity contribution >= 4 is 27.5 Å². The van der Waals surface area contributed by atoms with Crippen LogP contribution in [0.15, 0.2) is 53.4 Å². The molecule has 1 aliphatic rings. The fourth-order valence-electron chi connectivity index (χ4n) is 5.09. The van der Waals surface area contributed by atoms with Crippen LogP contribution in [-0.4, -0.2) is 61.7 Å². The largest absolute Gasteiger partial charge is 0.389 e. The molecule has 1 aliphatic carbocycles. The van der Waals surface area contributed by atoms with E-state index in [1.54, 1.807) is 6.92 Å². The number of aliphatic hydroxyl groups is 1. The Bertz CT molecular complexity index is 1190. The molecule has 10 heteroatoms. The van der Waals surface area contributed by atoms with Gasteiger partial charge in [0.15, 0.2) is 0 Å². The van der Waals surface area contributed by atoms with E-state index in [-0.39, 0.29) is 47.5 Å². The summed E-state index contributed by atoms with van der Waals surface area (Å²) in [5, 5.41) is 11.6. The minimum absolute atomic E-state index is 0.0672. The molecule has 0 heterocycles. The van der Waals surface area contributed by atoms with Gasteiger partial charge < -0.3 is 14.7 Å². The highest BCUT2D eigenvalue weighted by Gasteiger charge is 2.46. The van der Waals surface area contributed by atoms with Gasteiger partial charge in [-0.25, -0.2) is 12.8 Å². The van der Waals surface area contributed by atoms with Crippen molar-refractivity contribution in [3.8, 4) is 0 Å². The number of aliphatic hydroxyl groups excluding tert-OH is 1. The Morgan fingerprint density at radius 2 is 1.79 bits per heavy atom. The Hall–Kier alpha value is -2.04. The number of hydrogen-bond acceptors (Lipinski definition) is 5. The van der Waals surface area contributed by atoms with Crippen molar-refractivity contribution in [2.75, 3.05) is 26.9 Å². The van der Waals surface area contributed by atoms with E-state index < -0.39 is 27.5 Å². The van der Waals surface area contributed by atoms with E-state index in [1.165, 1.54) is 16.3 Å². The summed E-state index contributed by atoms with van der Waals surface area (Å²) >= 11 is 5.90. The van der Waals surface area contributed by atoms with Crippen LogP contribution in [0.4, 0.5) is 4.39 Å². The average Bonchev–Trinajstić information content (AvgIpc) is 3.43. The molecule has 0 bridgehead atoms. The molecule has 210 valence electrons. The molecular weight excluding hydrogens is 531 g/mol. The van der Waals surface area contributed by atoms with Crippen LogP contribution in [0.2, 0.25) is 5.02 Å². The first-order valence-corrected chi connectivity index (χ1v) is 14.7. The SMILES string of the molecule is COCN(C(=O)C1CCCC1)[C@@](C)(c1ccccc1)[C@H](O)CN(CC(C)C)S(=O)(=O)c1ccc(F)c(Cl)c1. The van der Waals surface area contributed by atoms with E-state index in [1.807, 2.05) is 44.2 Å². The minimum Gasteiger partial charge on any atom is -0.389 e. The van der Waals surface area contributed by atoms with E-state index in [4.69, 9.17) is 16.3 Å². The summed E-state index contributed by atoms with van der Waals surface area (Å²) in [7, 11) is -2.67. The van der Waals surface area contributed by atoms with Crippen LogP contribution in [-0.2, 0) is 25.1 Å². The lowest BCUT2D eigenvalue weighted by atomic mass is 9.83. The molecular formula is C28H38ClFN2O5S. The van der Waals surface area contributed by atoms with Crippen LogP contribution >= 0.6 is 11.6 Å². The highest BCUT2D eigenvalue weighted by Crippen LogP contribution is 2.37. The third kappa shape index (κ3) is 6.57. The van der Waals surface area contributed by atoms with Crippen LogP contribution in [0.5, 0.6) is 0 Å². The van der Waals surface area contributed by atoms with Gasteiger partial charge in [0, 0.05) is 26.1 Å². The van der Waals surface area contributed by atoms with Gasteiger partial charge in [0.05, 0.1) is 21.6 Å². The zero-order valence-electron chi connectivity index (χ0n) is 22.4. The molecule has 2 atom stereocenters. The molecule has 0 aromatic heterocycles. The number of ether oxygens (including phenoxy) is 1. The monoisotopic (exact) mass is 568 g/mol. The third-order valence-corrected chi connectivity index (χ3v) is 9.39. The molecule has 1 fully saturated rings. The van der Waals surface area contributed by atoms with Crippen LogP contribution in [0.25, 0.3) is 0 Å². The molecule has 1 N–H and O–H groups in total. The van der Waals surface area contributed by atoms with Crippen molar-refractivity contribution in [3.05, 3.63) is 64.9 Å². The molecule has 0 radical (unpaired) electrons. The van der Waals surface area contributed by atoms with Crippen molar-refractivity contribution in [2.45, 2.75) is 63.0 Å². The smallest absolute Gasteiger partial charge is 0.243 e. The zero-order valence-corrected chi connectivity index (χ0v) is 24.0. The molecule has 0 spiro atoms. The lowest BCUT2D eigenvalue weighted by Crippen LogP contribution is -2.59. The first-order chi connectivity index (χ1) is 17.9. The van der Waals surface area contributed by atoms with Gasteiger partial charge in [-0.15, -0.1) is 0 Å². The topological polar surface area (TPSA) is 87.2 Å². The number of methoxy groups -OCH3 is 1. The maximum atomic E-state index is 13.8. The Balaban J connectivity index is 2.06. The van der Waals surface area contributed by atoms with Gasteiger partial charge in [-0.3, -0.25) is 4.79 Å². The van der Waals surface area contributed by atoms with Crippen molar-refractivity contribution in [2.24, 2.45) is 11.8 Å². The molecule has 38 heavy (non-hydrogen) atoms. The molecule has 3 rings (SSSR count). The molecule has 0 aliphatic heterocycles. The van der Waals surface area contributed by atoms with Crippen LogP contribution < -0.4 is 0 Å². The highest BCUT2D eigenvalue weighted by molar-refractivity contribution is 7.89. The van der Waals surface area contributed by atoms with E-state index >= 15 is 0 Å². The van der Waals surface area contributed by atoms with Gasteiger partial charge in [0.1, 0.15) is 12.5 Å². The molecule has 1 amide bonds. The van der Waals surface area contributed by atoms with Gasteiger partial charge >= 0.3 is 0 Å². The predicted octanol–water partition coefficient (Wildman–Crippen LogP) is 5.02. The first-order valence-electron chi connectivity index (χ1n) is 12.9. The number of benzene rings is 2. The van der Waals surface area contributed by atoms with E-state index in [0.29, 0.717) is 5.56 Å². The third-order valence-electron chi connectivity index (χ3n) is 7.27. The summed E-state index contributed by atoms with van der Waals surface area (Å²) in [6, 6.07) is 12.3. The summed E-state index contributed by atoms with van der Waals surface area (Å²) in [5.74, 6) is -1.11. The lowest BCUT2D eigenvalue weighted by molar-refractivity contribution is -0.158. The maximum absolute atomic E-state index is 13.8. The standard InChI is InChI=1S/C28H38ClFN2O5S/c1-20(2)17-31(38(35,36)23-14-15-25(30)24(29)16-23)18-26(33)28(3,22-12-6-5-7-13-22)32(19-37-4)27(34)21-10-8-9-11-21/h5-7,12-16,20-21,26,33H,8-11,17-19H2,1-4H3/t26-,28+/m1/s1. The fraction of sp³-hybridized carbons (Fsp3) is 0.536. The number of hydrogen-bond donors (Lipinski definition) is 1. The predicted molar refractivity (Wildman–Crippen MR) is 145 cm³/mol. The number of amides is 1. The number of rotatable bonds is 12.